The third-order valence-electron chi connectivity index (χ3n) is 6.42. The van der Waals surface area contributed by atoms with Crippen molar-refractivity contribution >= 4 is 23.4 Å². The van der Waals surface area contributed by atoms with E-state index in [-0.39, 0.29) is 24.4 Å². The highest BCUT2D eigenvalue weighted by molar-refractivity contribution is 6.30. The lowest BCUT2D eigenvalue weighted by Gasteiger charge is -2.44. The summed E-state index contributed by atoms with van der Waals surface area (Å²) in [6.07, 6.45) is 6.20. The quantitative estimate of drug-likeness (QED) is 0.682. The van der Waals surface area contributed by atoms with Gasteiger partial charge in [-0.2, -0.15) is 0 Å². The van der Waals surface area contributed by atoms with Gasteiger partial charge in [-0.3, -0.25) is 9.59 Å². The lowest BCUT2D eigenvalue weighted by molar-refractivity contribution is -0.159. The molecule has 4 rings (SSSR count). The first-order valence-corrected chi connectivity index (χ1v) is 11.3. The van der Waals surface area contributed by atoms with Gasteiger partial charge in [-0.15, -0.1) is 0 Å². The second-order valence-electron chi connectivity index (χ2n) is 8.53. The Bertz CT molecular complexity index is 888. The molecule has 0 radical (unpaired) electrons. The third kappa shape index (κ3) is 4.54. The Hall–Kier alpha value is -2.33. The molecule has 1 saturated heterocycles. The maximum Gasteiger partial charge on any atom is 0.250 e. The van der Waals surface area contributed by atoms with Crippen molar-refractivity contribution in [3.05, 3.63) is 70.2 Å². The Morgan fingerprint density at radius 3 is 2.27 bits per heavy atom. The van der Waals surface area contributed by atoms with Crippen molar-refractivity contribution in [2.24, 2.45) is 0 Å². The Morgan fingerprint density at radius 1 is 0.933 bits per heavy atom. The fourth-order valence-electron chi connectivity index (χ4n) is 4.68. The highest BCUT2D eigenvalue weighted by Crippen LogP contribution is 2.32. The van der Waals surface area contributed by atoms with Crippen LogP contribution in [0.25, 0.3) is 0 Å². The van der Waals surface area contributed by atoms with E-state index < -0.39 is 6.04 Å². The van der Waals surface area contributed by atoms with Gasteiger partial charge in [-0.05, 0) is 49.4 Å². The standard InChI is InChI=1S/C25H29ClN2O2/c1-18-7-11-20(12-8-18)24-25(30)28(22-5-3-2-4-6-22)17-23(29)27(24)16-15-19-9-13-21(26)14-10-19/h7-14,22,24H,2-6,15-17H2,1H3/t24-/m1/s1. The van der Waals surface area contributed by atoms with Crippen LogP contribution >= 0.6 is 11.6 Å². The summed E-state index contributed by atoms with van der Waals surface area (Å²) < 4.78 is 0. The average Bonchev–Trinajstić information content (AvgIpc) is 2.76. The fraction of sp³-hybridized carbons (Fsp3) is 0.440. The molecular weight excluding hydrogens is 396 g/mol. The summed E-state index contributed by atoms with van der Waals surface area (Å²) in [7, 11) is 0. The smallest absolute Gasteiger partial charge is 0.250 e. The van der Waals surface area contributed by atoms with Crippen LogP contribution in [0, 0.1) is 6.92 Å². The number of carbonyl (C=O) groups is 2. The highest BCUT2D eigenvalue weighted by Gasteiger charge is 2.42. The first-order valence-electron chi connectivity index (χ1n) is 10.9. The molecule has 0 unspecified atom stereocenters. The van der Waals surface area contributed by atoms with E-state index in [2.05, 4.69) is 0 Å². The van der Waals surface area contributed by atoms with E-state index in [1.54, 1.807) is 4.90 Å². The molecule has 0 spiro atoms. The molecule has 0 bridgehead atoms. The minimum Gasteiger partial charge on any atom is -0.328 e. The van der Waals surface area contributed by atoms with Crippen LogP contribution in [0.1, 0.15) is 54.8 Å². The van der Waals surface area contributed by atoms with Crippen molar-refractivity contribution in [3.8, 4) is 0 Å². The number of halogens is 1. The molecule has 1 heterocycles. The number of benzene rings is 2. The number of carbonyl (C=O) groups excluding carboxylic acids is 2. The monoisotopic (exact) mass is 424 g/mol. The first kappa shape index (κ1) is 20.9. The molecule has 1 atom stereocenters. The van der Waals surface area contributed by atoms with E-state index >= 15 is 0 Å². The molecule has 0 aromatic heterocycles. The van der Waals surface area contributed by atoms with Crippen molar-refractivity contribution in [3.63, 3.8) is 0 Å². The van der Waals surface area contributed by atoms with Crippen molar-refractivity contribution in [1.29, 1.82) is 0 Å². The maximum atomic E-state index is 13.6. The summed E-state index contributed by atoms with van der Waals surface area (Å²) >= 11 is 5.99. The second kappa shape index (κ2) is 9.22. The minimum atomic E-state index is -0.541. The molecule has 158 valence electrons. The number of nitrogens with zero attached hydrogens (tertiary/aromatic N) is 2. The number of aryl methyl sites for hydroxylation is 1. The third-order valence-corrected chi connectivity index (χ3v) is 6.67. The molecule has 4 nitrogen and oxygen atoms in total. The lowest BCUT2D eigenvalue weighted by atomic mass is 9.91. The Balaban J connectivity index is 1.59. The van der Waals surface area contributed by atoms with Gasteiger partial charge in [0.05, 0.1) is 0 Å². The van der Waals surface area contributed by atoms with Crippen molar-refractivity contribution in [2.75, 3.05) is 13.1 Å². The molecule has 5 heteroatoms. The summed E-state index contributed by atoms with van der Waals surface area (Å²) in [6.45, 7) is 2.75. The molecule has 30 heavy (non-hydrogen) atoms. The summed E-state index contributed by atoms with van der Waals surface area (Å²) in [5.41, 5.74) is 3.15. The number of rotatable bonds is 5. The number of hydrogen-bond donors (Lipinski definition) is 0. The topological polar surface area (TPSA) is 40.6 Å². The minimum absolute atomic E-state index is 0.0414. The molecule has 2 aromatic carbocycles. The Morgan fingerprint density at radius 2 is 1.60 bits per heavy atom. The largest absolute Gasteiger partial charge is 0.328 e. The van der Waals surface area contributed by atoms with Crippen LogP contribution in [0.4, 0.5) is 0 Å². The van der Waals surface area contributed by atoms with E-state index in [0.29, 0.717) is 18.0 Å². The van der Waals surface area contributed by atoms with E-state index in [9.17, 15) is 9.59 Å². The molecule has 1 aliphatic heterocycles. The molecule has 2 fully saturated rings. The van der Waals surface area contributed by atoms with Gasteiger partial charge in [0.25, 0.3) is 5.91 Å². The van der Waals surface area contributed by atoms with Gasteiger partial charge >= 0.3 is 0 Å². The summed E-state index contributed by atoms with van der Waals surface area (Å²) in [5, 5.41) is 0.698. The average molecular weight is 425 g/mol. The first-order chi connectivity index (χ1) is 14.5. The number of hydrogen-bond acceptors (Lipinski definition) is 2. The van der Waals surface area contributed by atoms with Gasteiger partial charge in [-0.1, -0.05) is 72.8 Å². The SMILES string of the molecule is Cc1ccc([C@@H]2C(=O)N(C3CCCCC3)CC(=O)N2CCc2ccc(Cl)cc2)cc1. The van der Waals surface area contributed by atoms with E-state index in [0.717, 1.165) is 42.4 Å². The van der Waals surface area contributed by atoms with E-state index in [1.165, 1.54) is 6.42 Å². The molecule has 1 saturated carbocycles. The zero-order valence-electron chi connectivity index (χ0n) is 17.5. The zero-order chi connectivity index (χ0) is 21.1. The molecule has 2 aromatic rings. The van der Waals surface area contributed by atoms with Gasteiger partial charge in [0, 0.05) is 17.6 Å². The molecule has 2 amide bonds. The van der Waals surface area contributed by atoms with E-state index in [4.69, 9.17) is 11.6 Å². The molecule has 1 aliphatic carbocycles. The summed E-state index contributed by atoms with van der Waals surface area (Å²) in [5.74, 6) is 0.112. The molecule has 2 aliphatic rings. The van der Waals surface area contributed by atoms with Crippen LogP contribution in [0.3, 0.4) is 0 Å². The normalized spacial score (nSPS) is 20.7. The van der Waals surface area contributed by atoms with Gasteiger partial charge in [-0.25, -0.2) is 0 Å². The predicted octanol–water partition coefficient (Wildman–Crippen LogP) is 4.94. The second-order valence-corrected chi connectivity index (χ2v) is 8.97. The number of piperazine rings is 1. The zero-order valence-corrected chi connectivity index (χ0v) is 18.3. The van der Waals surface area contributed by atoms with Crippen LogP contribution in [0.2, 0.25) is 5.02 Å². The summed E-state index contributed by atoms with van der Waals surface area (Å²) in [4.78, 5) is 30.5. The van der Waals surface area contributed by atoms with Crippen molar-refractivity contribution < 1.29 is 9.59 Å². The van der Waals surface area contributed by atoms with Crippen LogP contribution in [-0.2, 0) is 16.0 Å². The predicted molar refractivity (Wildman–Crippen MR) is 119 cm³/mol. The van der Waals surface area contributed by atoms with Crippen LogP contribution in [-0.4, -0.2) is 40.7 Å². The highest BCUT2D eigenvalue weighted by atomic mass is 35.5. The molecule has 0 N–H and O–H groups in total. The maximum absolute atomic E-state index is 13.6. The van der Waals surface area contributed by atoms with Gasteiger partial charge in [0.1, 0.15) is 12.6 Å². The van der Waals surface area contributed by atoms with Gasteiger partial charge in [0.2, 0.25) is 5.91 Å². The van der Waals surface area contributed by atoms with Crippen LogP contribution < -0.4 is 0 Å². The van der Waals surface area contributed by atoms with Crippen molar-refractivity contribution in [2.45, 2.75) is 57.5 Å². The number of amides is 2. The van der Waals surface area contributed by atoms with Crippen molar-refractivity contribution in [1.82, 2.24) is 9.80 Å². The Labute approximate surface area is 183 Å². The molecular formula is C25H29ClN2O2. The van der Waals surface area contributed by atoms with Crippen LogP contribution in [0.15, 0.2) is 48.5 Å². The van der Waals surface area contributed by atoms with E-state index in [1.807, 2.05) is 60.4 Å². The van der Waals surface area contributed by atoms with Crippen LogP contribution in [0.5, 0.6) is 0 Å². The van der Waals surface area contributed by atoms with Gasteiger partial charge < -0.3 is 9.80 Å². The Kier molecular flexibility index (Phi) is 6.43. The lowest BCUT2D eigenvalue weighted by Crippen LogP contribution is -2.58. The summed E-state index contributed by atoms with van der Waals surface area (Å²) in [6, 6.07) is 15.4. The fourth-order valence-corrected chi connectivity index (χ4v) is 4.80. The van der Waals surface area contributed by atoms with Gasteiger partial charge in [0.15, 0.2) is 0 Å².